The molecule has 0 rings (SSSR count). The van der Waals surface area contributed by atoms with Crippen LogP contribution in [0.5, 0.6) is 0 Å². The number of carboxylic acids is 1. The summed E-state index contributed by atoms with van der Waals surface area (Å²) in [6.07, 6.45) is 2.45. The van der Waals surface area contributed by atoms with Gasteiger partial charge in [0.15, 0.2) is 0 Å². The van der Waals surface area contributed by atoms with E-state index in [1.54, 1.807) is 11.8 Å². The van der Waals surface area contributed by atoms with Gasteiger partial charge < -0.3 is 19.8 Å². The van der Waals surface area contributed by atoms with Gasteiger partial charge in [0.05, 0.1) is 0 Å². The second kappa shape index (κ2) is 8.33. The van der Waals surface area contributed by atoms with Gasteiger partial charge in [-0.1, -0.05) is 0 Å². The summed E-state index contributed by atoms with van der Waals surface area (Å²) in [5.41, 5.74) is 4.38. The lowest BCUT2D eigenvalue weighted by atomic mass is 10.0. The predicted molar refractivity (Wildman–Crippen MR) is 55.4 cm³/mol. The summed E-state index contributed by atoms with van der Waals surface area (Å²) in [5.74, 6) is -0.138. The number of nitrogens with one attached hydrogen (secondary N) is 1. The molecule has 0 bridgehead atoms. The van der Waals surface area contributed by atoms with E-state index in [-0.39, 0.29) is 0 Å². The normalized spacial score (nSPS) is 13.8. The van der Waals surface area contributed by atoms with E-state index >= 15 is 0 Å². The smallest absolute Gasteiger partial charge is 0.323 e. The summed E-state index contributed by atoms with van der Waals surface area (Å²) in [7, 11) is 0. The van der Waals surface area contributed by atoms with Gasteiger partial charge in [-0.3, -0.25) is 4.79 Å². The quantitative estimate of drug-likeness (QED) is 0.478. The minimum Gasteiger partial charge on any atom is -0.480 e. The van der Waals surface area contributed by atoms with Crippen molar-refractivity contribution in [2.75, 3.05) is 12.0 Å². The van der Waals surface area contributed by atoms with Crippen LogP contribution in [-0.4, -0.2) is 28.6 Å². The van der Waals surface area contributed by atoms with E-state index < -0.39 is 23.0 Å². The molecule has 0 aliphatic carbocycles. The third-order valence-electron chi connectivity index (χ3n) is 1.31. The largest absolute Gasteiger partial charge is 0.480 e. The van der Waals surface area contributed by atoms with E-state index in [0.29, 0.717) is 6.42 Å². The van der Waals surface area contributed by atoms with E-state index in [1.807, 2.05) is 6.26 Å². The zero-order valence-electron chi connectivity index (χ0n) is 7.61. The Labute approximate surface area is 85.1 Å². The fourth-order valence-electron chi connectivity index (χ4n) is 0.421. The molecular weight excluding hydrogens is 212 g/mol. The lowest BCUT2D eigenvalue weighted by Gasteiger charge is -2.17. The maximum Gasteiger partial charge on any atom is 0.323 e. The highest BCUT2D eigenvalue weighted by Crippen LogP contribution is 2.09. The number of thiol groups is 1. The number of carbonyl (C=O) groups is 1. The molecule has 0 radical (unpaired) electrons. The summed E-state index contributed by atoms with van der Waals surface area (Å²) in [5, 5.41) is 8.53. The maximum absolute atomic E-state index is 10.4. The molecule has 0 saturated heterocycles. The van der Waals surface area contributed by atoms with E-state index in [1.165, 1.54) is 6.92 Å². The second-order valence-corrected chi connectivity index (χ2v) is 3.72. The Morgan fingerprint density at radius 2 is 2.15 bits per heavy atom. The zero-order valence-corrected chi connectivity index (χ0v) is 9.32. The molecule has 7 heteroatoms. The van der Waals surface area contributed by atoms with Gasteiger partial charge in [-0.15, -0.1) is 0 Å². The summed E-state index contributed by atoms with van der Waals surface area (Å²) in [4.78, 5) is 10.4. The molecule has 0 amide bonds. The summed E-state index contributed by atoms with van der Waals surface area (Å²) >= 11 is 1.02. The van der Waals surface area contributed by atoms with Crippen LogP contribution in [0.3, 0.4) is 0 Å². The van der Waals surface area contributed by atoms with Gasteiger partial charge >= 0.3 is 5.97 Å². The van der Waals surface area contributed by atoms with Gasteiger partial charge in [-0.2, -0.15) is 11.8 Å². The first-order chi connectivity index (χ1) is 5.92. The van der Waals surface area contributed by atoms with Crippen molar-refractivity contribution in [1.82, 2.24) is 0 Å². The molecule has 0 aromatic rings. The molecule has 13 heavy (non-hydrogen) atoms. The summed E-state index contributed by atoms with van der Waals surface area (Å²) in [6, 6.07) is 0. The third kappa shape index (κ3) is 9.65. The first kappa shape index (κ1) is 15.2. The molecule has 0 saturated carbocycles. The second-order valence-electron chi connectivity index (χ2n) is 2.56. The third-order valence-corrected chi connectivity index (χ3v) is 1.93. The molecule has 0 fully saturated rings. The fourth-order valence-corrected chi connectivity index (χ4v) is 1.05. The number of nitrogens with two attached hydrogens (primary N) is 1. The number of carboxylic acid groups (broad SMARTS) is 1. The van der Waals surface area contributed by atoms with Crippen LogP contribution >= 0.6 is 11.8 Å². The Kier molecular flexibility index (Phi) is 9.75. The van der Waals surface area contributed by atoms with E-state index in [2.05, 4.69) is 0 Å². The van der Waals surface area contributed by atoms with Gasteiger partial charge in [-0.25, -0.2) is 11.5 Å². The Morgan fingerprint density at radius 3 is 2.38 bits per heavy atom. The number of hydrogen-bond donors (Lipinski definition) is 3. The van der Waals surface area contributed by atoms with Crippen molar-refractivity contribution < 1.29 is 14.1 Å². The molecule has 0 aliphatic heterocycles. The van der Waals surface area contributed by atoms with E-state index in [0.717, 1.165) is 5.75 Å². The Hall–Kier alpha value is -0.270. The van der Waals surface area contributed by atoms with Gasteiger partial charge in [-0.05, 0) is 25.4 Å². The zero-order chi connectivity index (χ0) is 10.9. The molecule has 0 aromatic carbocycles. The van der Waals surface area contributed by atoms with Crippen LogP contribution in [0.25, 0.3) is 0 Å². The first-order valence-corrected chi connectivity index (χ1v) is 5.63. The topological polar surface area (TPSA) is 104 Å². The Balaban J connectivity index is 0. The Morgan fingerprint density at radius 1 is 1.77 bits per heavy atom. The monoisotopic (exact) mass is 227 g/mol. The van der Waals surface area contributed by atoms with Gasteiger partial charge in [0.1, 0.15) is 5.54 Å². The fraction of sp³-hybridized carbons (Fsp3) is 0.833. The van der Waals surface area contributed by atoms with Crippen LogP contribution in [0.1, 0.15) is 13.3 Å². The van der Waals surface area contributed by atoms with Crippen LogP contribution in [0.4, 0.5) is 0 Å². The van der Waals surface area contributed by atoms with Crippen molar-refractivity contribution in [3.05, 3.63) is 0 Å². The molecular formula is C6H15N2O3S2-. The minimum atomic E-state index is -1.05. The summed E-state index contributed by atoms with van der Waals surface area (Å²) in [6.45, 7) is 1.53. The standard InChI is InChI=1S/C6H13NO2S.H2NOS/c1-6(7,5(8)9)3-4-10-2;1-3-2/h3-4,7H2,1-2H3,(H,8,9);1,3H/q;-1/t6-;/m0./s1. The molecule has 1 atom stereocenters. The average molecular weight is 227 g/mol. The number of hydrogen-bond acceptors (Lipinski definition) is 6. The van der Waals surface area contributed by atoms with Crippen LogP contribution in [0.15, 0.2) is 0 Å². The SMILES string of the molecule is CSCC[C@](C)(N)C(=O)O.N=[SH-]=O. The first-order valence-electron chi connectivity index (χ1n) is 3.42. The van der Waals surface area contributed by atoms with Crippen molar-refractivity contribution in [3.8, 4) is 0 Å². The van der Waals surface area contributed by atoms with Crippen LogP contribution in [-0.2, 0) is 20.5 Å². The Bertz CT molecular complexity index is 190. The lowest BCUT2D eigenvalue weighted by molar-refractivity contribution is -0.142. The van der Waals surface area contributed by atoms with Crippen molar-refractivity contribution in [2.24, 2.45) is 5.73 Å². The molecule has 80 valence electrons. The van der Waals surface area contributed by atoms with Crippen LogP contribution in [0.2, 0.25) is 0 Å². The van der Waals surface area contributed by atoms with E-state index in [4.69, 9.17) is 19.8 Å². The van der Waals surface area contributed by atoms with Gasteiger partial charge in [0, 0.05) is 0 Å². The van der Waals surface area contributed by atoms with Crippen LogP contribution < -0.4 is 5.73 Å². The number of thioether (sulfide) groups is 1. The number of aliphatic carboxylic acids is 1. The highest BCUT2D eigenvalue weighted by molar-refractivity contribution is 7.98. The molecule has 0 spiro atoms. The predicted octanol–water partition coefficient (Wildman–Crippen LogP) is 0.451. The molecule has 0 unspecified atom stereocenters. The van der Waals surface area contributed by atoms with Crippen molar-refractivity contribution >= 4 is 29.2 Å². The molecule has 0 heterocycles. The van der Waals surface area contributed by atoms with Gasteiger partial charge in [0.2, 0.25) is 0 Å². The minimum absolute atomic E-state index is 0.517. The molecule has 5 nitrogen and oxygen atoms in total. The summed E-state index contributed by atoms with van der Waals surface area (Å²) < 4.78 is 14.2. The average Bonchev–Trinajstić information content (AvgIpc) is 2.02. The molecule has 4 N–H and O–H groups in total. The maximum atomic E-state index is 10.4. The highest BCUT2D eigenvalue weighted by atomic mass is 32.2. The van der Waals surface area contributed by atoms with Gasteiger partial charge in [0.25, 0.3) is 0 Å². The number of rotatable bonds is 4. The van der Waals surface area contributed by atoms with Crippen molar-refractivity contribution in [3.63, 3.8) is 0 Å². The van der Waals surface area contributed by atoms with Crippen molar-refractivity contribution in [1.29, 1.82) is 4.78 Å². The van der Waals surface area contributed by atoms with Crippen LogP contribution in [0, 0.1) is 4.78 Å². The molecule has 0 aromatic heterocycles. The lowest BCUT2D eigenvalue weighted by Crippen LogP contribution is -2.45. The van der Waals surface area contributed by atoms with E-state index in [9.17, 15) is 4.79 Å². The highest BCUT2D eigenvalue weighted by Gasteiger charge is 2.26. The molecule has 0 aliphatic rings. The van der Waals surface area contributed by atoms with Crippen molar-refractivity contribution in [2.45, 2.75) is 18.9 Å².